The number of amides is 1. The maximum Gasteiger partial charge on any atom is 0.303 e. The van der Waals surface area contributed by atoms with Gasteiger partial charge in [-0.3, -0.25) is 9.59 Å². The number of aliphatic carboxylic acids is 1. The van der Waals surface area contributed by atoms with Gasteiger partial charge in [-0.25, -0.2) is 4.98 Å². The van der Waals surface area contributed by atoms with Gasteiger partial charge in [0.25, 0.3) is 0 Å². The normalized spacial score (nSPS) is 17.7. The quantitative estimate of drug-likeness (QED) is 0.0835. The number of nitrogens with zero attached hydrogens (tertiary/aromatic N) is 1. The molecular weight excluding hydrogens is 612 g/mol. The van der Waals surface area contributed by atoms with E-state index in [9.17, 15) is 14.7 Å². The Morgan fingerprint density at radius 3 is 2.30 bits per heavy atom. The number of thioether (sulfide) groups is 1. The van der Waals surface area contributed by atoms with E-state index in [0.717, 1.165) is 63.4 Å². The smallest absolute Gasteiger partial charge is 0.303 e. The van der Waals surface area contributed by atoms with Crippen LogP contribution in [0.2, 0.25) is 0 Å². The van der Waals surface area contributed by atoms with Gasteiger partial charge in [0.05, 0.1) is 23.8 Å². The minimum Gasteiger partial charge on any atom is -0.481 e. The molecule has 1 aliphatic rings. The van der Waals surface area contributed by atoms with Crippen molar-refractivity contribution < 1.29 is 29.3 Å². The average Bonchev–Trinajstić information content (AvgIpc) is 3.11. The first kappa shape index (κ1) is 34.3. The summed E-state index contributed by atoms with van der Waals surface area (Å²) in [4.78, 5) is 27.4. The van der Waals surface area contributed by atoms with Crippen molar-refractivity contribution in [3.05, 3.63) is 119 Å². The highest BCUT2D eigenvalue weighted by Gasteiger charge is 2.32. The van der Waals surface area contributed by atoms with Crippen LogP contribution in [0.1, 0.15) is 79.6 Å². The SMILES string of the molecule is O=C(O)CCCCCCC(=O)NCc1cccc(-c2ccc([C@H]3O[C@@H](CSc4ccccn4)C[C@@H](c4ccc(CO)cc4)O3)cc2)c1. The lowest BCUT2D eigenvalue weighted by Gasteiger charge is -2.36. The number of carbonyl (C=O) groups excluding carboxylic acids is 1. The average molecular weight is 655 g/mol. The van der Waals surface area contributed by atoms with Crippen molar-refractivity contribution in [2.45, 2.75) is 81.6 Å². The number of aromatic nitrogens is 1. The van der Waals surface area contributed by atoms with Crippen LogP contribution < -0.4 is 5.32 Å². The maximum atomic E-state index is 12.3. The Bertz CT molecular complexity index is 1570. The van der Waals surface area contributed by atoms with Crippen molar-refractivity contribution in [3.8, 4) is 11.1 Å². The summed E-state index contributed by atoms with van der Waals surface area (Å²) in [5.74, 6) is -0.0225. The van der Waals surface area contributed by atoms with Gasteiger partial charge in [0.2, 0.25) is 5.91 Å². The molecule has 1 fully saturated rings. The number of nitrogens with one attached hydrogen (secondary N) is 1. The number of rotatable bonds is 16. The molecule has 0 bridgehead atoms. The fourth-order valence-corrected chi connectivity index (χ4v) is 6.41. The topological polar surface area (TPSA) is 118 Å². The highest BCUT2D eigenvalue weighted by molar-refractivity contribution is 7.99. The van der Waals surface area contributed by atoms with Gasteiger partial charge in [0.1, 0.15) is 0 Å². The first-order chi connectivity index (χ1) is 23.0. The molecule has 3 atom stereocenters. The number of benzene rings is 3. The van der Waals surface area contributed by atoms with Crippen molar-refractivity contribution in [3.63, 3.8) is 0 Å². The van der Waals surface area contributed by atoms with Crippen LogP contribution in [0.15, 0.2) is 102 Å². The van der Waals surface area contributed by atoms with Gasteiger partial charge in [-0.1, -0.05) is 85.6 Å². The second kappa shape index (κ2) is 17.8. The Balaban J connectivity index is 1.19. The molecule has 3 aromatic carbocycles. The molecule has 4 aromatic rings. The summed E-state index contributed by atoms with van der Waals surface area (Å²) < 4.78 is 13.0. The Kier molecular flexibility index (Phi) is 13.0. The lowest BCUT2D eigenvalue weighted by molar-refractivity contribution is -0.245. The third-order valence-electron chi connectivity index (χ3n) is 8.15. The van der Waals surface area contributed by atoms with Crippen molar-refractivity contribution in [1.29, 1.82) is 0 Å². The minimum atomic E-state index is -0.773. The number of ether oxygens (including phenoxy) is 2. The number of aliphatic hydroxyl groups excluding tert-OH is 1. The standard InChI is InChI=1S/C38H42N2O6S/c41-25-27-13-15-30(16-14-27)34-23-33(26-47-36-11-5-6-21-39-36)45-38(46-34)31-19-17-29(18-20-31)32-9-7-8-28(22-32)24-40-35(42)10-3-1-2-4-12-37(43)44/h5-9,11,13-22,33-34,38,41H,1-4,10,12,23-26H2,(H,40,42)(H,43,44)/t33-,34+,38+/m1/s1. The molecule has 1 aromatic heterocycles. The first-order valence-electron chi connectivity index (χ1n) is 16.2. The van der Waals surface area contributed by atoms with Gasteiger partial charge in [-0.2, -0.15) is 0 Å². The number of carboxylic acid groups (broad SMARTS) is 1. The lowest BCUT2D eigenvalue weighted by atomic mass is 9.99. The maximum absolute atomic E-state index is 12.3. The van der Waals surface area contributed by atoms with Crippen LogP contribution in [0.5, 0.6) is 0 Å². The number of hydrogen-bond donors (Lipinski definition) is 3. The van der Waals surface area contributed by atoms with E-state index in [4.69, 9.17) is 14.6 Å². The molecule has 47 heavy (non-hydrogen) atoms. The zero-order valence-electron chi connectivity index (χ0n) is 26.4. The molecule has 3 N–H and O–H groups in total. The van der Waals surface area contributed by atoms with E-state index < -0.39 is 12.3 Å². The fourth-order valence-electron chi connectivity index (χ4n) is 5.53. The summed E-state index contributed by atoms with van der Waals surface area (Å²) in [5.41, 5.74) is 5.98. The zero-order valence-corrected chi connectivity index (χ0v) is 27.2. The van der Waals surface area contributed by atoms with Crippen LogP contribution >= 0.6 is 11.8 Å². The van der Waals surface area contributed by atoms with E-state index in [1.165, 1.54) is 0 Å². The van der Waals surface area contributed by atoms with Gasteiger partial charge in [0, 0.05) is 43.3 Å². The molecule has 1 saturated heterocycles. The van der Waals surface area contributed by atoms with Crippen molar-refractivity contribution in [2.24, 2.45) is 0 Å². The molecule has 2 heterocycles. The lowest BCUT2D eigenvalue weighted by Crippen LogP contribution is -2.31. The highest BCUT2D eigenvalue weighted by Crippen LogP contribution is 2.39. The second-order valence-corrected chi connectivity index (χ2v) is 12.8. The molecule has 0 radical (unpaired) electrons. The third kappa shape index (κ3) is 10.8. The molecule has 1 aliphatic heterocycles. The Labute approximate surface area is 280 Å². The molecule has 0 spiro atoms. The Hall–Kier alpha value is -4.02. The zero-order chi connectivity index (χ0) is 32.8. The first-order valence-corrected chi connectivity index (χ1v) is 17.2. The molecule has 0 saturated carbocycles. The van der Waals surface area contributed by atoms with Gasteiger partial charge >= 0.3 is 5.97 Å². The van der Waals surface area contributed by atoms with Gasteiger partial charge < -0.3 is 25.0 Å². The van der Waals surface area contributed by atoms with E-state index in [2.05, 4.69) is 34.6 Å². The number of carbonyl (C=O) groups is 2. The fraction of sp³-hybridized carbons (Fsp3) is 0.342. The minimum absolute atomic E-state index is 0.00356. The highest BCUT2D eigenvalue weighted by atomic mass is 32.2. The largest absolute Gasteiger partial charge is 0.481 e. The van der Waals surface area contributed by atoms with Gasteiger partial charge in [-0.15, -0.1) is 11.8 Å². The summed E-state index contributed by atoms with van der Waals surface area (Å²) in [7, 11) is 0. The Morgan fingerprint density at radius 1 is 0.809 bits per heavy atom. The summed E-state index contributed by atoms with van der Waals surface area (Å²) >= 11 is 1.67. The molecule has 0 unspecified atom stereocenters. The van der Waals surface area contributed by atoms with Crippen LogP contribution in [-0.4, -0.2) is 38.9 Å². The molecule has 9 heteroatoms. The summed E-state index contributed by atoms with van der Waals surface area (Å²) in [6, 6.07) is 30.2. The molecule has 8 nitrogen and oxygen atoms in total. The van der Waals surface area contributed by atoms with Gasteiger partial charge in [-0.05, 0) is 58.9 Å². The van der Waals surface area contributed by atoms with E-state index >= 15 is 0 Å². The van der Waals surface area contributed by atoms with Crippen LogP contribution in [0, 0.1) is 0 Å². The molecule has 5 rings (SSSR count). The van der Waals surface area contributed by atoms with Gasteiger partial charge in [0.15, 0.2) is 6.29 Å². The van der Waals surface area contributed by atoms with Crippen LogP contribution in [0.4, 0.5) is 0 Å². The number of unbranched alkanes of at least 4 members (excludes halogenated alkanes) is 3. The second-order valence-electron chi connectivity index (χ2n) is 11.7. The van der Waals surface area contributed by atoms with E-state index in [1.54, 1.807) is 18.0 Å². The van der Waals surface area contributed by atoms with Crippen molar-refractivity contribution >= 4 is 23.6 Å². The predicted octanol–water partition coefficient (Wildman–Crippen LogP) is 7.62. The monoisotopic (exact) mass is 654 g/mol. The number of carboxylic acids is 1. The summed E-state index contributed by atoms with van der Waals surface area (Å²) in [6.45, 7) is 0.454. The number of aliphatic hydroxyl groups is 1. The van der Waals surface area contributed by atoms with Crippen LogP contribution in [0.3, 0.4) is 0 Å². The molecule has 246 valence electrons. The molecular formula is C38H42N2O6S. The predicted molar refractivity (Wildman–Crippen MR) is 182 cm³/mol. The summed E-state index contributed by atoms with van der Waals surface area (Å²) in [5, 5.41) is 22.2. The summed E-state index contributed by atoms with van der Waals surface area (Å²) in [6.07, 6.45) is 5.48. The van der Waals surface area contributed by atoms with E-state index in [1.807, 2.05) is 66.7 Å². The van der Waals surface area contributed by atoms with E-state index in [-0.39, 0.29) is 31.1 Å². The van der Waals surface area contributed by atoms with Crippen molar-refractivity contribution in [1.82, 2.24) is 10.3 Å². The Morgan fingerprint density at radius 2 is 1.57 bits per heavy atom. The molecule has 0 aliphatic carbocycles. The van der Waals surface area contributed by atoms with Crippen LogP contribution in [0.25, 0.3) is 11.1 Å². The van der Waals surface area contributed by atoms with E-state index in [0.29, 0.717) is 25.8 Å². The third-order valence-corrected chi connectivity index (χ3v) is 9.22. The number of hydrogen-bond acceptors (Lipinski definition) is 7. The van der Waals surface area contributed by atoms with Crippen LogP contribution in [-0.2, 0) is 32.2 Å². The molecule has 1 amide bonds. The van der Waals surface area contributed by atoms with Crippen molar-refractivity contribution in [2.75, 3.05) is 5.75 Å². The number of pyridine rings is 1.